The minimum atomic E-state index is -1.06. The van der Waals surface area contributed by atoms with Gasteiger partial charge < -0.3 is 9.63 Å². The van der Waals surface area contributed by atoms with E-state index in [1.165, 1.54) is 6.07 Å². The molecule has 1 aromatic rings. The zero-order valence-corrected chi connectivity index (χ0v) is 6.91. The van der Waals surface area contributed by atoms with E-state index in [9.17, 15) is 4.79 Å². The van der Waals surface area contributed by atoms with Crippen LogP contribution in [0.15, 0.2) is 10.6 Å². The van der Waals surface area contributed by atoms with Gasteiger partial charge in [-0.3, -0.25) is 0 Å². The lowest BCUT2D eigenvalue weighted by Gasteiger charge is -1.88. The first-order valence-electron chi connectivity index (χ1n) is 3.93. The second-order valence-electron chi connectivity index (χ2n) is 2.59. The van der Waals surface area contributed by atoms with Gasteiger partial charge in [-0.25, -0.2) is 4.79 Å². The van der Waals surface area contributed by atoms with Gasteiger partial charge in [0, 0.05) is 6.07 Å². The lowest BCUT2D eigenvalue weighted by molar-refractivity contribution is 0.0652. The van der Waals surface area contributed by atoms with Crippen LogP contribution in [-0.2, 0) is 6.42 Å². The Labute approximate surface area is 70.2 Å². The second-order valence-corrected chi connectivity index (χ2v) is 2.59. The molecule has 12 heavy (non-hydrogen) atoms. The summed E-state index contributed by atoms with van der Waals surface area (Å²) in [5.74, 6) is -1.15. The lowest BCUT2D eigenvalue weighted by atomic mass is 10.2. The van der Waals surface area contributed by atoms with E-state index in [0.717, 1.165) is 19.3 Å². The second kappa shape index (κ2) is 3.90. The van der Waals surface area contributed by atoms with Crippen LogP contribution in [0.2, 0.25) is 0 Å². The van der Waals surface area contributed by atoms with Crippen molar-refractivity contribution in [1.82, 2.24) is 5.16 Å². The van der Waals surface area contributed by atoms with Crippen molar-refractivity contribution in [2.45, 2.75) is 26.2 Å². The molecule has 0 aliphatic carbocycles. The van der Waals surface area contributed by atoms with E-state index in [4.69, 9.17) is 5.11 Å². The van der Waals surface area contributed by atoms with Crippen LogP contribution in [0.25, 0.3) is 0 Å². The number of rotatable bonds is 4. The molecule has 0 atom stereocenters. The molecule has 1 aromatic heterocycles. The van der Waals surface area contributed by atoms with Crippen LogP contribution in [0, 0.1) is 0 Å². The van der Waals surface area contributed by atoms with Crippen molar-refractivity contribution in [3.05, 3.63) is 17.5 Å². The smallest absolute Gasteiger partial charge is 0.374 e. The van der Waals surface area contributed by atoms with Crippen molar-refractivity contribution in [3.63, 3.8) is 0 Å². The number of carbonyl (C=O) groups is 1. The molecule has 4 nitrogen and oxygen atoms in total. The molecule has 1 N–H and O–H groups in total. The van der Waals surface area contributed by atoms with Gasteiger partial charge in [-0.15, -0.1) is 0 Å². The number of aromatic carboxylic acids is 1. The summed E-state index contributed by atoms with van der Waals surface area (Å²) in [5.41, 5.74) is 0.717. The van der Waals surface area contributed by atoms with Gasteiger partial charge in [-0.05, 0) is 12.8 Å². The zero-order valence-electron chi connectivity index (χ0n) is 6.91. The number of carboxylic acid groups (broad SMARTS) is 1. The van der Waals surface area contributed by atoms with Crippen LogP contribution < -0.4 is 0 Å². The standard InChI is InChI=1S/C8H11NO3/c1-2-3-4-6-5-7(8(10)11)12-9-6/h5H,2-4H2,1H3,(H,10,11). The molecule has 1 rings (SSSR count). The lowest BCUT2D eigenvalue weighted by Crippen LogP contribution is -1.91. The van der Waals surface area contributed by atoms with Gasteiger partial charge in [0.15, 0.2) is 0 Å². The number of aryl methyl sites for hydroxylation is 1. The van der Waals surface area contributed by atoms with Crippen molar-refractivity contribution in [2.24, 2.45) is 0 Å². The van der Waals surface area contributed by atoms with Gasteiger partial charge >= 0.3 is 5.97 Å². The Morgan fingerprint density at radius 3 is 3.00 bits per heavy atom. The van der Waals surface area contributed by atoms with Gasteiger partial charge in [0.25, 0.3) is 0 Å². The molecule has 0 aromatic carbocycles. The van der Waals surface area contributed by atoms with Gasteiger partial charge in [0.05, 0.1) is 5.69 Å². The molecule has 0 amide bonds. The highest BCUT2D eigenvalue weighted by Gasteiger charge is 2.09. The molecule has 0 bridgehead atoms. The van der Waals surface area contributed by atoms with E-state index >= 15 is 0 Å². The Morgan fingerprint density at radius 1 is 1.75 bits per heavy atom. The van der Waals surface area contributed by atoms with Crippen molar-refractivity contribution in [3.8, 4) is 0 Å². The molecule has 66 valence electrons. The molecule has 0 saturated heterocycles. The largest absolute Gasteiger partial charge is 0.475 e. The summed E-state index contributed by atoms with van der Waals surface area (Å²) in [6, 6.07) is 1.47. The monoisotopic (exact) mass is 169 g/mol. The van der Waals surface area contributed by atoms with E-state index in [2.05, 4.69) is 16.6 Å². The molecule has 1 heterocycles. The quantitative estimate of drug-likeness (QED) is 0.745. The maximum atomic E-state index is 10.4. The van der Waals surface area contributed by atoms with Gasteiger partial charge in [0.2, 0.25) is 5.76 Å². The first kappa shape index (κ1) is 8.77. The highest BCUT2D eigenvalue weighted by Crippen LogP contribution is 2.06. The van der Waals surface area contributed by atoms with Crippen LogP contribution in [0.5, 0.6) is 0 Å². The topological polar surface area (TPSA) is 63.3 Å². The fourth-order valence-corrected chi connectivity index (χ4v) is 0.888. The van der Waals surface area contributed by atoms with E-state index < -0.39 is 5.97 Å². The molecule has 0 saturated carbocycles. The molecule has 0 spiro atoms. The van der Waals surface area contributed by atoms with Gasteiger partial charge in [-0.2, -0.15) is 0 Å². The molecule has 0 aliphatic rings. The number of hydrogen-bond acceptors (Lipinski definition) is 3. The predicted molar refractivity (Wildman–Crippen MR) is 42.1 cm³/mol. The van der Waals surface area contributed by atoms with Gasteiger partial charge in [-0.1, -0.05) is 18.5 Å². The van der Waals surface area contributed by atoms with Crippen LogP contribution in [0.4, 0.5) is 0 Å². The minimum absolute atomic E-state index is 0.0823. The van der Waals surface area contributed by atoms with Crippen molar-refractivity contribution in [2.75, 3.05) is 0 Å². The van der Waals surface area contributed by atoms with Crippen LogP contribution in [-0.4, -0.2) is 16.2 Å². The van der Waals surface area contributed by atoms with Crippen molar-refractivity contribution < 1.29 is 14.4 Å². The van der Waals surface area contributed by atoms with Crippen LogP contribution >= 0.6 is 0 Å². The van der Waals surface area contributed by atoms with Crippen LogP contribution in [0.3, 0.4) is 0 Å². The SMILES string of the molecule is CCCCc1cc(C(=O)O)on1. The number of unbranched alkanes of at least 4 members (excludes halogenated alkanes) is 1. The summed E-state index contributed by atoms with van der Waals surface area (Å²) < 4.78 is 4.57. The van der Waals surface area contributed by atoms with E-state index in [-0.39, 0.29) is 5.76 Å². The van der Waals surface area contributed by atoms with Crippen LogP contribution in [0.1, 0.15) is 36.0 Å². The average Bonchev–Trinajstić information content (AvgIpc) is 2.48. The molecule has 0 radical (unpaired) electrons. The maximum Gasteiger partial charge on any atom is 0.374 e. The number of hydrogen-bond donors (Lipinski definition) is 1. The zero-order chi connectivity index (χ0) is 8.97. The fraction of sp³-hybridized carbons (Fsp3) is 0.500. The van der Waals surface area contributed by atoms with E-state index in [1.54, 1.807) is 0 Å². The number of carboxylic acids is 1. The average molecular weight is 169 g/mol. The first-order chi connectivity index (χ1) is 5.74. The van der Waals surface area contributed by atoms with Crippen molar-refractivity contribution >= 4 is 5.97 Å². The summed E-state index contributed by atoms with van der Waals surface area (Å²) >= 11 is 0. The molecule has 0 unspecified atom stereocenters. The Hall–Kier alpha value is -1.32. The summed E-state index contributed by atoms with van der Waals surface area (Å²) in [6.45, 7) is 2.07. The fourth-order valence-electron chi connectivity index (χ4n) is 0.888. The minimum Gasteiger partial charge on any atom is -0.475 e. The molecule has 0 aliphatic heterocycles. The Morgan fingerprint density at radius 2 is 2.50 bits per heavy atom. The summed E-state index contributed by atoms with van der Waals surface area (Å²) in [7, 11) is 0. The first-order valence-corrected chi connectivity index (χ1v) is 3.93. The summed E-state index contributed by atoms with van der Waals surface area (Å²) in [4.78, 5) is 10.4. The molecule has 0 fully saturated rings. The molecular weight excluding hydrogens is 158 g/mol. The summed E-state index contributed by atoms with van der Waals surface area (Å²) in [5, 5.41) is 12.1. The summed E-state index contributed by atoms with van der Waals surface area (Å²) in [6.07, 6.45) is 2.86. The number of aromatic nitrogens is 1. The molecular formula is C8H11NO3. The number of nitrogens with zero attached hydrogens (tertiary/aromatic N) is 1. The Balaban J connectivity index is 2.58. The Kier molecular flexibility index (Phi) is 2.85. The van der Waals surface area contributed by atoms with Gasteiger partial charge in [0.1, 0.15) is 0 Å². The third-order valence-electron chi connectivity index (χ3n) is 1.56. The predicted octanol–water partition coefficient (Wildman–Crippen LogP) is 1.72. The van der Waals surface area contributed by atoms with E-state index in [1.807, 2.05) is 0 Å². The Bertz CT molecular complexity index is 267. The highest BCUT2D eigenvalue weighted by molar-refractivity contribution is 5.84. The maximum absolute atomic E-state index is 10.4. The highest BCUT2D eigenvalue weighted by atomic mass is 16.5. The third kappa shape index (κ3) is 2.08. The van der Waals surface area contributed by atoms with E-state index in [0.29, 0.717) is 5.69 Å². The third-order valence-corrected chi connectivity index (χ3v) is 1.56. The molecule has 4 heteroatoms. The van der Waals surface area contributed by atoms with Crippen molar-refractivity contribution in [1.29, 1.82) is 0 Å². The normalized spacial score (nSPS) is 10.1.